The second-order valence-electron chi connectivity index (χ2n) is 5.54. The summed E-state index contributed by atoms with van der Waals surface area (Å²) in [5.41, 5.74) is 0. The van der Waals surface area contributed by atoms with Gasteiger partial charge in [0.2, 0.25) is 5.13 Å². The number of morpholine rings is 1. The van der Waals surface area contributed by atoms with Crippen molar-refractivity contribution in [3.63, 3.8) is 0 Å². The fourth-order valence-corrected chi connectivity index (χ4v) is 3.80. The molecular formula is C13H21N3OS. The second kappa shape index (κ2) is 5.13. The van der Waals surface area contributed by atoms with Crippen LogP contribution in [0.4, 0.5) is 5.13 Å². The first-order chi connectivity index (χ1) is 8.75. The van der Waals surface area contributed by atoms with Crippen LogP contribution in [0.25, 0.3) is 0 Å². The van der Waals surface area contributed by atoms with Crippen molar-refractivity contribution in [2.75, 3.05) is 18.1 Å². The Kier molecular flexibility index (Phi) is 3.52. The van der Waals surface area contributed by atoms with Crippen molar-refractivity contribution in [2.24, 2.45) is 0 Å². The topological polar surface area (TPSA) is 38.2 Å². The molecule has 18 heavy (non-hydrogen) atoms. The lowest BCUT2D eigenvalue weighted by molar-refractivity contribution is -0.00870. The van der Waals surface area contributed by atoms with Gasteiger partial charge in [0.15, 0.2) is 0 Å². The lowest BCUT2D eigenvalue weighted by Crippen LogP contribution is -2.52. The maximum absolute atomic E-state index is 5.90. The van der Waals surface area contributed by atoms with E-state index in [2.05, 4.69) is 23.1 Å². The van der Waals surface area contributed by atoms with Gasteiger partial charge in [0.05, 0.1) is 18.8 Å². The second-order valence-corrected chi connectivity index (χ2v) is 6.27. The van der Waals surface area contributed by atoms with Crippen LogP contribution in [0, 0.1) is 0 Å². The molecule has 1 aliphatic carbocycles. The van der Waals surface area contributed by atoms with E-state index >= 15 is 0 Å². The van der Waals surface area contributed by atoms with Crippen molar-refractivity contribution >= 4 is 16.7 Å². The van der Waals surface area contributed by atoms with Crippen LogP contribution >= 0.6 is 11.5 Å². The minimum Gasteiger partial charge on any atom is -0.374 e. The van der Waals surface area contributed by atoms with E-state index in [0.29, 0.717) is 18.1 Å². The fraction of sp³-hybridized carbons (Fsp3) is 0.846. The summed E-state index contributed by atoms with van der Waals surface area (Å²) in [7, 11) is 0. The highest BCUT2D eigenvalue weighted by molar-refractivity contribution is 7.09. The molecule has 0 aromatic carbocycles. The summed E-state index contributed by atoms with van der Waals surface area (Å²) < 4.78 is 10.4. The zero-order valence-corrected chi connectivity index (χ0v) is 11.9. The fourth-order valence-electron chi connectivity index (χ4n) is 2.91. The van der Waals surface area contributed by atoms with Crippen LogP contribution in [-0.4, -0.2) is 34.7 Å². The molecule has 2 heterocycles. The Balaban J connectivity index is 1.80. The lowest BCUT2D eigenvalue weighted by Gasteiger charge is -2.43. The molecule has 1 aromatic heterocycles. The largest absolute Gasteiger partial charge is 0.374 e. The van der Waals surface area contributed by atoms with Gasteiger partial charge >= 0.3 is 0 Å². The summed E-state index contributed by atoms with van der Waals surface area (Å²) in [6, 6.07) is 0.528. The Labute approximate surface area is 113 Å². The van der Waals surface area contributed by atoms with Crippen LogP contribution in [0.3, 0.4) is 0 Å². The van der Waals surface area contributed by atoms with Crippen LogP contribution in [0.2, 0.25) is 0 Å². The molecule has 3 rings (SSSR count). The van der Waals surface area contributed by atoms with E-state index in [9.17, 15) is 0 Å². The van der Waals surface area contributed by atoms with Crippen molar-refractivity contribution in [3.8, 4) is 0 Å². The Bertz CT molecular complexity index is 405. The minimum atomic E-state index is 0.415. The normalized spacial score (nSPS) is 28.5. The van der Waals surface area contributed by atoms with Gasteiger partial charge in [0.1, 0.15) is 5.82 Å². The van der Waals surface area contributed by atoms with Crippen LogP contribution in [-0.2, 0) is 4.74 Å². The molecule has 1 saturated heterocycles. The quantitative estimate of drug-likeness (QED) is 0.826. The summed E-state index contributed by atoms with van der Waals surface area (Å²) in [5.74, 6) is 1.40. The van der Waals surface area contributed by atoms with Gasteiger partial charge in [-0.3, -0.25) is 0 Å². The number of rotatable bonds is 2. The molecule has 1 aliphatic heterocycles. The Morgan fingerprint density at radius 2 is 2.17 bits per heavy atom. The third-order valence-electron chi connectivity index (χ3n) is 3.93. The number of ether oxygens (including phenoxy) is 1. The van der Waals surface area contributed by atoms with E-state index in [0.717, 1.165) is 24.1 Å². The molecular weight excluding hydrogens is 246 g/mol. The maximum Gasteiger partial charge on any atom is 0.205 e. The van der Waals surface area contributed by atoms with Gasteiger partial charge < -0.3 is 9.64 Å². The molecule has 0 spiro atoms. The van der Waals surface area contributed by atoms with Crippen molar-refractivity contribution < 1.29 is 4.74 Å². The molecule has 0 N–H and O–H groups in total. The molecule has 1 saturated carbocycles. The number of aromatic nitrogens is 2. The zero-order chi connectivity index (χ0) is 12.5. The molecule has 2 atom stereocenters. The average molecular weight is 267 g/mol. The van der Waals surface area contributed by atoms with Gasteiger partial charge in [-0.05, 0) is 12.8 Å². The predicted octanol–water partition coefficient (Wildman–Crippen LogP) is 2.81. The van der Waals surface area contributed by atoms with E-state index in [4.69, 9.17) is 9.72 Å². The van der Waals surface area contributed by atoms with E-state index in [1.165, 1.54) is 25.7 Å². The van der Waals surface area contributed by atoms with Gasteiger partial charge in [0.25, 0.3) is 0 Å². The third kappa shape index (κ3) is 2.26. The highest BCUT2D eigenvalue weighted by Crippen LogP contribution is 2.33. The van der Waals surface area contributed by atoms with Crippen LogP contribution in [0.1, 0.15) is 51.3 Å². The van der Waals surface area contributed by atoms with Gasteiger partial charge in [0, 0.05) is 24.0 Å². The first-order valence-corrected chi connectivity index (χ1v) is 7.75. The first kappa shape index (κ1) is 12.4. The number of fused-ring (bicyclic) bond motifs is 1. The summed E-state index contributed by atoms with van der Waals surface area (Å²) in [6.07, 6.45) is 5.48. The van der Waals surface area contributed by atoms with Crippen LogP contribution in [0.5, 0.6) is 0 Å². The summed E-state index contributed by atoms with van der Waals surface area (Å²) >= 11 is 1.55. The molecule has 5 heteroatoms. The Morgan fingerprint density at radius 1 is 1.33 bits per heavy atom. The molecule has 2 fully saturated rings. The van der Waals surface area contributed by atoms with Crippen molar-refractivity contribution in [2.45, 2.75) is 57.6 Å². The molecule has 0 bridgehead atoms. The van der Waals surface area contributed by atoms with Crippen LogP contribution in [0.15, 0.2) is 0 Å². The van der Waals surface area contributed by atoms with Gasteiger partial charge in [-0.15, -0.1) is 0 Å². The molecule has 1 aromatic rings. The molecule has 100 valence electrons. The molecule has 4 nitrogen and oxygen atoms in total. The van der Waals surface area contributed by atoms with Gasteiger partial charge in [-0.2, -0.15) is 4.37 Å². The van der Waals surface area contributed by atoms with E-state index in [1.54, 1.807) is 11.5 Å². The van der Waals surface area contributed by atoms with E-state index < -0.39 is 0 Å². The standard InChI is InChI=1S/C13H21N3OS/c1-9(2)12-14-13(18-15-12)16-7-8-17-11-6-4-3-5-10(11)16/h9-11H,3-8H2,1-2H3. The van der Waals surface area contributed by atoms with Crippen molar-refractivity contribution in [3.05, 3.63) is 5.82 Å². The highest BCUT2D eigenvalue weighted by Gasteiger charge is 2.35. The zero-order valence-electron chi connectivity index (χ0n) is 11.1. The third-order valence-corrected chi connectivity index (χ3v) is 4.69. The van der Waals surface area contributed by atoms with Crippen molar-refractivity contribution in [1.82, 2.24) is 9.36 Å². The van der Waals surface area contributed by atoms with Crippen molar-refractivity contribution in [1.29, 1.82) is 0 Å². The predicted molar refractivity (Wildman–Crippen MR) is 73.3 cm³/mol. The molecule has 0 amide bonds. The summed E-state index contributed by atoms with van der Waals surface area (Å²) in [6.45, 7) is 6.09. The number of nitrogens with zero attached hydrogens (tertiary/aromatic N) is 3. The summed E-state index contributed by atoms with van der Waals surface area (Å²) in [5, 5.41) is 1.10. The molecule has 2 aliphatic rings. The smallest absolute Gasteiger partial charge is 0.205 e. The number of anilines is 1. The highest BCUT2D eigenvalue weighted by atomic mass is 32.1. The SMILES string of the molecule is CC(C)c1nsc(N2CCOC3CCCCC32)n1. The first-order valence-electron chi connectivity index (χ1n) is 6.97. The molecule has 2 unspecified atom stereocenters. The van der Waals surface area contributed by atoms with Gasteiger partial charge in [-0.1, -0.05) is 26.7 Å². The summed E-state index contributed by atoms with van der Waals surface area (Å²) in [4.78, 5) is 7.14. The van der Waals surface area contributed by atoms with Gasteiger partial charge in [-0.25, -0.2) is 4.98 Å². The average Bonchev–Trinajstić information content (AvgIpc) is 2.87. The maximum atomic E-state index is 5.90. The monoisotopic (exact) mass is 267 g/mol. The van der Waals surface area contributed by atoms with E-state index in [1.807, 2.05) is 0 Å². The van der Waals surface area contributed by atoms with Crippen LogP contribution < -0.4 is 4.90 Å². The van der Waals surface area contributed by atoms with E-state index in [-0.39, 0.29) is 0 Å². The lowest BCUT2D eigenvalue weighted by atomic mass is 9.90. The number of hydrogen-bond donors (Lipinski definition) is 0. The Morgan fingerprint density at radius 3 is 2.94 bits per heavy atom. The Hall–Kier alpha value is -0.680. The number of hydrogen-bond acceptors (Lipinski definition) is 5. The minimum absolute atomic E-state index is 0.415. The molecule has 0 radical (unpaired) electrons.